The van der Waals surface area contributed by atoms with E-state index in [9.17, 15) is 31.1 Å². The summed E-state index contributed by atoms with van der Waals surface area (Å²) in [6, 6.07) is 29.5. The first-order valence-corrected chi connectivity index (χ1v) is 13.9. The molecule has 0 radical (unpaired) electrons. The van der Waals surface area contributed by atoms with E-state index >= 15 is 0 Å². The van der Waals surface area contributed by atoms with E-state index < -0.39 is 43.1 Å². The van der Waals surface area contributed by atoms with E-state index in [0.717, 1.165) is 0 Å². The van der Waals surface area contributed by atoms with Gasteiger partial charge >= 0.3 is 12.4 Å². The highest BCUT2D eigenvalue weighted by molar-refractivity contribution is 7.66. The molecule has 0 amide bonds. The van der Waals surface area contributed by atoms with Gasteiger partial charge < -0.3 is 14.2 Å². The fourth-order valence-electron chi connectivity index (χ4n) is 4.21. The minimum Gasteiger partial charge on any atom is -0.457 e. The molecule has 44 heavy (non-hydrogen) atoms. The fourth-order valence-corrected chi connectivity index (χ4v) is 5.32. The monoisotopic (exact) mass is 626 g/mol. The first-order chi connectivity index (χ1) is 21.0. The van der Waals surface area contributed by atoms with E-state index in [0.29, 0.717) is 35.4 Å². The lowest BCUT2D eigenvalue weighted by molar-refractivity contribution is -0.143. The highest BCUT2D eigenvalue weighted by atomic mass is 31.1. The van der Waals surface area contributed by atoms with Crippen LogP contribution in [0.3, 0.4) is 0 Å². The molecule has 224 valence electrons. The average molecular weight is 626 g/mol. The molecule has 5 rings (SSSR count). The van der Waals surface area contributed by atoms with Crippen molar-refractivity contribution in [2.75, 3.05) is 0 Å². The number of alkyl halides is 6. The van der Waals surface area contributed by atoms with Crippen LogP contribution in [0.4, 0.5) is 26.3 Å². The van der Waals surface area contributed by atoms with Crippen LogP contribution in [-0.4, -0.2) is 5.52 Å². The predicted octanol–water partition coefficient (Wildman–Crippen LogP) is 10.2. The Hall–Kier alpha value is -4.82. The van der Waals surface area contributed by atoms with Crippen molar-refractivity contribution in [3.8, 4) is 34.5 Å². The van der Waals surface area contributed by atoms with E-state index in [1.807, 2.05) is 0 Å². The lowest BCUT2D eigenvalue weighted by Crippen LogP contribution is -2.20. The average Bonchev–Trinajstić information content (AvgIpc) is 2.99. The second-order valence-corrected chi connectivity index (χ2v) is 10.4. The van der Waals surface area contributed by atoms with Crippen LogP contribution in [0, 0.1) is 0 Å². The number of hydrogen-bond acceptors (Lipinski definition) is 4. The maximum absolute atomic E-state index is 13.9. The predicted molar refractivity (Wildman–Crippen MR) is 155 cm³/mol. The van der Waals surface area contributed by atoms with E-state index in [4.69, 9.17) is 14.2 Å². The van der Waals surface area contributed by atoms with Crippen LogP contribution < -0.4 is 19.5 Å². The van der Waals surface area contributed by atoms with E-state index in [1.54, 1.807) is 91.0 Å². The van der Waals surface area contributed by atoms with Crippen LogP contribution in [0.5, 0.6) is 34.5 Å². The van der Waals surface area contributed by atoms with Gasteiger partial charge in [-0.3, -0.25) is 4.79 Å². The molecule has 0 aliphatic rings. The Morgan fingerprint density at radius 3 is 1.27 bits per heavy atom. The van der Waals surface area contributed by atoms with E-state index in [-0.39, 0.29) is 22.6 Å². The smallest absolute Gasteiger partial charge is 0.417 e. The molecule has 0 aliphatic heterocycles. The molecule has 5 aromatic carbocycles. The van der Waals surface area contributed by atoms with Crippen molar-refractivity contribution in [1.82, 2.24) is 0 Å². The Morgan fingerprint density at radius 2 is 0.886 bits per heavy atom. The summed E-state index contributed by atoms with van der Waals surface area (Å²) in [5, 5.41) is -0.0618. The van der Waals surface area contributed by atoms with Crippen molar-refractivity contribution >= 4 is 19.4 Å². The van der Waals surface area contributed by atoms with Gasteiger partial charge in [-0.05, 0) is 57.1 Å². The first kappa shape index (κ1) is 30.6. The van der Waals surface area contributed by atoms with Crippen molar-refractivity contribution in [2.45, 2.75) is 12.4 Å². The molecule has 1 atom stereocenters. The summed E-state index contributed by atoms with van der Waals surface area (Å²) in [7, 11) is -1.27. The molecule has 0 bridgehead atoms. The highest BCUT2D eigenvalue weighted by Gasteiger charge is 2.43. The SMILES string of the molecule is O=C(Pc1c(Oc2ccccc2)cc(Oc2ccccc2)cc1Oc1ccccc1)c1c(C(F)(F)F)cccc1C(F)(F)F. The molecule has 5 aromatic rings. The maximum Gasteiger partial charge on any atom is 0.417 e. The van der Waals surface area contributed by atoms with Gasteiger partial charge in [-0.25, -0.2) is 0 Å². The molecular formula is C33H21F6O4P. The number of para-hydroxylation sites is 3. The summed E-state index contributed by atoms with van der Waals surface area (Å²) in [6.45, 7) is 0. The van der Waals surface area contributed by atoms with Crippen LogP contribution in [0.1, 0.15) is 21.5 Å². The van der Waals surface area contributed by atoms with Gasteiger partial charge in [0.2, 0.25) is 0 Å². The fraction of sp³-hybridized carbons (Fsp3) is 0.0606. The summed E-state index contributed by atoms with van der Waals surface area (Å²) < 4.78 is 102. The van der Waals surface area contributed by atoms with Crippen molar-refractivity contribution < 1.29 is 45.3 Å². The highest BCUT2D eigenvalue weighted by Crippen LogP contribution is 2.44. The van der Waals surface area contributed by atoms with Crippen molar-refractivity contribution in [2.24, 2.45) is 0 Å². The molecule has 1 unspecified atom stereocenters. The Labute approximate surface area is 249 Å². The van der Waals surface area contributed by atoms with Crippen LogP contribution >= 0.6 is 8.58 Å². The second kappa shape index (κ2) is 12.8. The van der Waals surface area contributed by atoms with Crippen LogP contribution in [-0.2, 0) is 12.4 Å². The number of carbonyl (C=O) groups excluding carboxylic acids is 1. The third-order valence-electron chi connectivity index (χ3n) is 6.10. The quantitative estimate of drug-likeness (QED) is 0.121. The Morgan fingerprint density at radius 1 is 0.500 bits per heavy atom. The summed E-state index contributed by atoms with van der Waals surface area (Å²) in [5.41, 5.74) is -6.26. The number of ether oxygens (including phenoxy) is 3. The molecule has 0 fully saturated rings. The lowest BCUT2D eigenvalue weighted by Gasteiger charge is -2.20. The third kappa shape index (κ3) is 7.38. The summed E-state index contributed by atoms with van der Waals surface area (Å²) in [5.74, 6) is 1.09. The number of hydrogen-bond donors (Lipinski definition) is 0. The van der Waals surface area contributed by atoms with Gasteiger partial charge in [-0.1, -0.05) is 60.7 Å². The molecular weight excluding hydrogens is 605 g/mol. The maximum atomic E-state index is 13.9. The largest absolute Gasteiger partial charge is 0.457 e. The summed E-state index contributed by atoms with van der Waals surface area (Å²) in [6.07, 6.45) is -10.5. The van der Waals surface area contributed by atoms with Gasteiger partial charge in [0.15, 0.2) is 5.52 Å². The molecule has 4 nitrogen and oxygen atoms in total. The standard InChI is InChI=1S/C33H21F6O4P/c34-32(35,36)25-17-10-18-26(33(37,38)39)29(25)31(40)44-30-27(42-22-13-6-2-7-14-22)19-24(41-21-11-4-1-5-12-21)20-28(30)43-23-15-8-3-9-16-23/h1-20,44H. The second-order valence-electron chi connectivity index (χ2n) is 9.22. The number of halogens is 6. The zero-order valence-electron chi connectivity index (χ0n) is 22.4. The molecule has 0 aromatic heterocycles. The molecule has 11 heteroatoms. The Balaban J connectivity index is 1.68. The molecule has 0 heterocycles. The van der Waals surface area contributed by atoms with E-state index in [2.05, 4.69) is 0 Å². The number of rotatable bonds is 9. The summed E-state index contributed by atoms with van der Waals surface area (Å²) in [4.78, 5) is 13.6. The zero-order chi connectivity index (χ0) is 31.3. The number of benzene rings is 5. The van der Waals surface area contributed by atoms with Crippen LogP contribution in [0.15, 0.2) is 121 Å². The first-order valence-electron chi connectivity index (χ1n) is 12.9. The van der Waals surface area contributed by atoms with Crippen LogP contribution in [0.2, 0.25) is 0 Å². The topological polar surface area (TPSA) is 44.8 Å². The number of carbonyl (C=O) groups is 1. The van der Waals surface area contributed by atoms with E-state index in [1.165, 1.54) is 12.1 Å². The molecule has 0 saturated carbocycles. The van der Waals surface area contributed by atoms with Gasteiger partial charge in [0.05, 0.1) is 16.4 Å². The van der Waals surface area contributed by atoms with Gasteiger partial charge in [0.1, 0.15) is 34.5 Å². The van der Waals surface area contributed by atoms with Gasteiger partial charge in [0, 0.05) is 17.7 Å². The Kier molecular flexibility index (Phi) is 8.92. The van der Waals surface area contributed by atoms with Crippen LogP contribution in [0.25, 0.3) is 0 Å². The minimum absolute atomic E-state index is 0.0553. The van der Waals surface area contributed by atoms with Gasteiger partial charge in [-0.15, -0.1) is 0 Å². The molecule has 0 saturated heterocycles. The zero-order valence-corrected chi connectivity index (χ0v) is 23.4. The van der Waals surface area contributed by atoms with Crippen molar-refractivity contribution in [1.29, 1.82) is 0 Å². The Bertz CT molecular complexity index is 1650. The van der Waals surface area contributed by atoms with Crippen molar-refractivity contribution in [3.63, 3.8) is 0 Å². The normalized spacial score (nSPS) is 11.9. The third-order valence-corrected chi connectivity index (χ3v) is 7.32. The molecule has 0 aliphatic carbocycles. The minimum atomic E-state index is -5.23. The lowest BCUT2D eigenvalue weighted by atomic mass is 10.0. The van der Waals surface area contributed by atoms with Gasteiger partial charge in [0.25, 0.3) is 0 Å². The summed E-state index contributed by atoms with van der Waals surface area (Å²) >= 11 is 0. The van der Waals surface area contributed by atoms with Crippen molar-refractivity contribution in [3.05, 3.63) is 138 Å². The molecule has 0 spiro atoms. The molecule has 0 N–H and O–H groups in total. The van der Waals surface area contributed by atoms with Gasteiger partial charge in [-0.2, -0.15) is 26.3 Å².